The number of carbonyl (C=O) groups is 1. The van der Waals surface area contributed by atoms with Crippen molar-refractivity contribution in [3.05, 3.63) is 0 Å². The molecule has 0 aromatic rings. The molecule has 10 heavy (non-hydrogen) atoms. The molecule has 0 aromatic heterocycles. The monoisotopic (exact) mass is 163 g/mol. The topological polar surface area (TPSA) is 63.3 Å². The van der Waals surface area contributed by atoms with Gasteiger partial charge >= 0.3 is 5.97 Å². The Balaban J connectivity index is 3.69. The minimum absolute atomic E-state index is 0.00231. The number of thioether (sulfide) groups is 1. The van der Waals surface area contributed by atoms with Crippen molar-refractivity contribution >= 4 is 17.7 Å². The molecule has 0 rings (SSSR count). The van der Waals surface area contributed by atoms with Crippen molar-refractivity contribution in [1.82, 2.24) is 0 Å². The molecule has 0 aliphatic rings. The largest absolute Gasteiger partial charge is 0.480 e. The summed E-state index contributed by atoms with van der Waals surface area (Å²) in [4.78, 5) is 10.3. The number of carboxylic acid groups (broad SMARTS) is 1. The first kappa shape index (κ1) is 9.78. The van der Waals surface area contributed by atoms with Crippen LogP contribution in [-0.4, -0.2) is 28.1 Å². The Morgan fingerprint density at radius 1 is 1.80 bits per heavy atom. The van der Waals surface area contributed by atoms with Crippen molar-refractivity contribution in [3.8, 4) is 0 Å². The Morgan fingerprint density at radius 3 is 2.60 bits per heavy atom. The van der Waals surface area contributed by atoms with Crippen LogP contribution in [0.25, 0.3) is 0 Å². The Kier molecular flexibility index (Phi) is 4.47. The van der Waals surface area contributed by atoms with Gasteiger partial charge in [-0.05, 0) is 5.75 Å². The van der Waals surface area contributed by atoms with Crippen LogP contribution >= 0.6 is 11.8 Å². The van der Waals surface area contributed by atoms with E-state index < -0.39 is 12.0 Å². The van der Waals surface area contributed by atoms with Crippen LogP contribution in [0.1, 0.15) is 13.8 Å². The van der Waals surface area contributed by atoms with Gasteiger partial charge in [0.15, 0.2) is 0 Å². The maximum absolute atomic E-state index is 10.3. The SMILES string of the molecule is CCSC(C)C(N)C(=O)O. The van der Waals surface area contributed by atoms with Gasteiger partial charge in [0.2, 0.25) is 0 Å². The van der Waals surface area contributed by atoms with E-state index in [1.807, 2.05) is 13.8 Å². The van der Waals surface area contributed by atoms with Crippen molar-refractivity contribution in [3.63, 3.8) is 0 Å². The molecule has 0 bridgehead atoms. The third kappa shape index (κ3) is 3.08. The fourth-order valence-electron chi connectivity index (χ4n) is 0.567. The molecule has 2 unspecified atom stereocenters. The molecule has 0 aliphatic carbocycles. The van der Waals surface area contributed by atoms with E-state index in [2.05, 4.69) is 0 Å². The molecule has 0 spiro atoms. The van der Waals surface area contributed by atoms with E-state index in [0.29, 0.717) is 0 Å². The molecule has 3 N–H and O–H groups in total. The van der Waals surface area contributed by atoms with E-state index in [1.54, 1.807) is 11.8 Å². The van der Waals surface area contributed by atoms with E-state index in [9.17, 15) is 4.79 Å². The van der Waals surface area contributed by atoms with Crippen molar-refractivity contribution in [2.45, 2.75) is 25.1 Å². The summed E-state index contributed by atoms with van der Waals surface area (Å²) in [7, 11) is 0. The average molecular weight is 163 g/mol. The normalized spacial score (nSPS) is 16.3. The molecule has 0 heterocycles. The van der Waals surface area contributed by atoms with Gasteiger partial charge in [0.25, 0.3) is 0 Å². The Hall–Kier alpha value is -0.220. The smallest absolute Gasteiger partial charge is 0.321 e. The third-order valence-electron chi connectivity index (χ3n) is 1.22. The lowest BCUT2D eigenvalue weighted by atomic mass is 10.2. The summed E-state index contributed by atoms with van der Waals surface area (Å²) >= 11 is 1.56. The fraction of sp³-hybridized carbons (Fsp3) is 0.833. The first-order valence-corrected chi connectivity index (χ1v) is 4.24. The summed E-state index contributed by atoms with van der Waals surface area (Å²) in [6, 6.07) is -0.732. The number of carboxylic acids is 1. The summed E-state index contributed by atoms with van der Waals surface area (Å²) in [6.45, 7) is 3.81. The molecule has 0 aromatic carbocycles. The van der Waals surface area contributed by atoms with Crippen LogP contribution in [0.15, 0.2) is 0 Å². The van der Waals surface area contributed by atoms with Crippen LogP contribution < -0.4 is 5.73 Å². The highest BCUT2D eigenvalue weighted by molar-refractivity contribution is 7.99. The minimum Gasteiger partial charge on any atom is -0.480 e. The lowest BCUT2D eigenvalue weighted by molar-refractivity contribution is -0.138. The number of nitrogens with two attached hydrogens (primary N) is 1. The van der Waals surface area contributed by atoms with Crippen LogP contribution in [0.5, 0.6) is 0 Å². The van der Waals surface area contributed by atoms with Crippen LogP contribution in [0, 0.1) is 0 Å². The second-order valence-corrected chi connectivity index (χ2v) is 3.68. The molecule has 0 aliphatic heterocycles. The maximum Gasteiger partial charge on any atom is 0.321 e. The highest BCUT2D eigenvalue weighted by atomic mass is 32.2. The summed E-state index contributed by atoms with van der Waals surface area (Å²) in [5.74, 6) is -0.0178. The molecule has 3 nitrogen and oxygen atoms in total. The summed E-state index contributed by atoms with van der Waals surface area (Å²) in [5, 5.41) is 8.44. The third-order valence-corrected chi connectivity index (χ3v) is 2.37. The van der Waals surface area contributed by atoms with Gasteiger partial charge in [-0.25, -0.2) is 0 Å². The predicted molar refractivity (Wildman–Crippen MR) is 43.2 cm³/mol. The summed E-state index contributed by atoms with van der Waals surface area (Å²) in [6.07, 6.45) is 0. The highest BCUT2D eigenvalue weighted by Crippen LogP contribution is 2.11. The molecule has 0 amide bonds. The Morgan fingerprint density at radius 2 is 2.30 bits per heavy atom. The second kappa shape index (κ2) is 4.57. The average Bonchev–Trinajstić information content (AvgIpc) is 1.87. The van der Waals surface area contributed by atoms with Crippen molar-refractivity contribution in [2.75, 3.05) is 5.75 Å². The summed E-state index contributed by atoms with van der Waals surface area (Å²) < 4.78 is 0. The zero-order valence-electron chi connectivity index (χ0n) is 6.20. The van der Waals surface area contributed by atoms with Crippen molar-refractivity contribution in [1.29, 1.82) is 0 Å². The molecule has 0 saturated heterocycles. The number of rotatable bonds is 4. The summed E-state index contributed by atoms with van der Waals surface area (Å²) in [5.41, 5.74) is 5.33. The lowest BCUT2D eigenvalue weighted by Gasteiger charge is -2.13. The zero-order valence-corrected chi connectivity index (χ0v) is 7.02. The number of aliphatic carboxylic acids is 1. The molecule has 0 radical (unpaired) electrons. The molecular weight excluding hydrogens is 150 g/mol. The molecule has 0 saturated carbocycles. The van der Waals surface area contributed by atoms with Gasteiger partial charge < -0.3 is 10.8 Å². The van der Waals surface area contributed by atoms with Gasteiger partial charge in [-0.15, -0.1) is 0 Å². The lowest BCUT2D eigenvalue weighted by Crippen LogP contribution is -2.38. The van der Waals surface area contributed by atoms with Gasteiger partial charge in [-0.3, -0.25) is 4.79 Å². The van der Waals surface area contributed by atoms with E-state index in [0.717, 1.165) is 5.75 Å². The van der Waals surface area contributed by atoms with E-state index in [4.69, 9.17) is 10.8 Å². The van der Waals surface area contributed by atoms with Gasteiger partial charge in [-0.1, -0.05) is 13.8 Å². The standard InChI is InChI=1S/C6H13NO2S/c1-3-10-4(2)5(7)6(8)9/h4-5H,3,7H2,1-2H3,(H,8,9). The zero-order chi connectivity index (χ0) is 8.15. The molecular formula is C6H13NO2S. The minimum atomic E-state index is -0.923. The molecule has 4 heteroatoms. The predicted octanol–water partition coefficient (Wildman–Crippen LogP) is 0.540. The molecule has 60 valence electrons. The Bertz CT molecular complexity index is 118. The van der Waals surface area contributed by atoms with Gasteiger partial charge in [0.05, 0.1) is 0 Å². The van der Waals surface area contributed by atoms with Crippen LogP contribution in [0.3, 0.4) is 0 Å². The first-order valence-electron chi connectivity index (χ1n) is 3.19. The van der Waals surface area contributed by atoms with Gasteiger partial charge in [0.1, 0.15) is 6.04 Å². The fourth-order valence-corrected chi connectivity index (χ4v) is 1.42. The maximum atomic E-state index is 10.3. The van der Waals surface area contributed by atoms with Crippen molar-refractivity contribution in [2.24, 2.45) is 5.73 Å². The molecule has 0 fully saturated rings. The second-order valence-electron chi connectivity index (χ2n) is 2.02. The van der Waals surface area contributed by atoms with Gasteiger partial charge in [-0.2, -0.15) is 11.8 Å². The van der Waals surface area contributed by atoms with Crippen molar-refractivity contribution < 1.29 is 9.90 Å². The Labute approximate surface area is 65.0 Å². The molecule has 2 atom stereocenters. The van der Waals surface area contributed by atoms with E-state index in [-0.39, 0.29) is 5.25 Å². The van der Waals surface area contributed by atoms with E-state index in [1.165, 1.54) is 0 Å². The quantitative estimate of drug-likeness (QED) is 0.635. The van der Waals surface area contributed by atoms with Crippen LogP contribution in [0.4, 0.5) is 0 Å². The number of hydrogen-bond acceptors (Lipinski definition) is 3. The number of hydrogen-bond donors (Lipinski definition) is 2. The van der Waals surface area contributed by atoms with Crippen LogP contribution in [-0.2, 0) is 4.79 Å². The van der Waals surface area contributed by atoms with E-state index >= 15 is 0 Å². The first-order chi connectivity index (χ1) is 4.59. The highest BCUT2D eigenvalue weighted by Gasteiger charge is 2.18. The van der Waals surface area contributed by atoms with Gasteiger partial charge in [0, 0.05) is 5.25 Å². The van der Waals surface area contributed by atoms with Crippen LogP contribution in [0.2, 0.25) is 0 Å².